The molecular formula is C27H18N4. The quantitative estimate of drug-likeness (QED) is 0.332. The number of fused-ring (bicyclic) bond motifs is 7. The molecule has 0 aliphatic carbocycles. The molecular weight excluding hydrogens is 380 g/mol. The summed E-state index contributed by atoms with van der Waals surface area (Å²) in [6.07, 6.45) is 0. The van der Waals surface area contributed by atoms with E-state index >= 15 is 0 Å². The van der Waals surface area contributed by atoms with E-state index in [1.165, 1.54) is 5.39 Å². The van der Waals surface area contributed by atoms with Crippen LogP contribution < -0.4 is 0 Å². The van der Waals surface area contributed by atoms with Gasteiger partial charge in [-0.25, -0.2) is 0 Å². The maximum atomic E-state index is 5.23. The molecule has 0 saturated carbocycles. The zero-order valence-electron chi connectivity index (χ0n) is 16.7. The van der Waals surface area contributed by atoms with E-state index in [4.69, 9.17) is 4.98 Å². The Hall–Kier alpha value is -4.31. The fraction of sp³-hybridized carbons (Fsp3) is 0. The lowest BCUT2D eigenvalue weighted by Crippen LogP contribution is -1.96. The van der Waals surface area contributed by atoms with Gasteiger partial charge in [0.2, 0.25) is 5.78 Å². The Labute approximate surface area is 178 Å². The van der Waals surface area contributed by atoms with Crippen molar-refractivity contribution in [2.75, 3.05) is 0 Å². The molecule has 0 saturated heterocycles. The molecule has 0 fully saturated rings. The van der Waals surface area contributed by atoms with Gasteiger partial charge in [-0.1, -0.05) is 66.7 Å². The highest BCUT2D eigenvalue weighted by Gasteiger charge is 2.22. The molecule has 0 atom stereocenters. The van der Waals surface area contributed by atoms with Crippen molar-refractivity contribution in [2.45, 2.75) is 0 Å². The molecule has 0 aliphatic heterocycles. The van der Waals surface area contributed by atoms with E-state index in [1.807, 2.05) is 12.1 Å². The number of para-hydroxylation sites is 5. The van der Waals surface area contributed by atoms with E-state index in [1.54, 1.807) is 0 Å². The molecule has 0 radical (unpaired) electrons. The number of aromatic nitrogens is 4. The second-order valence-electron chi connectivity index (χ2n) is 7.77. The van der Waals surface area contributed by atoms with Crippen LogP contribution in [-0.2, 0) is 0 Å². The molecule has 4 nitrogen and oxygen atoms in total. The third-order valence-electron chi connectivity index (χ3n) is 6.05. The Balaban J connectivity index is 1.74. The minimum Gasteiger partial charge on any atom is -0.292 e. The number of rotatable bonds is 2. The van der Waals surface area contributed by atoms with Crippen molar-refractivity contribution < 1.29 is 0 Å². The molecule has 0 aliphatic rings. The Morgan fingerprint density at radius 3 is 1.74 bits per heavy atom. The third kappa shape index (κ3) is 2.16. The number of nitrogens with zero attached hydrogens (tertiary/aromatic N) is 4. The Morgan fingerprint density at radius 1 is 0.484 bits per heavy atom. The van der Waals surface area contributed by atoms with E-state index in [9.17, 15) is 0 Å². The van der Waals surface area contributed by atoms with E-state index in [0.717, 1.165) is 44.9 Å². The third-order valence-corrected chi connectivity index (χ3v) is 6.05. The number of hydrogen-bond donors (Lipinski definition) is 0. The average molecular weight is 398 g/mol. The molecule has 0 bridgehead atoms. The molecule has 4 aromatic carbocycles. The van der Waals surface area contributed by atoms with Gasteiger partial charge in [-0.2, -0.15) is 4.98 Å². The lowest BCUT2D eigenvalue weighted by molar-refractivity contribution is 1.09. The van der Waals surface area contributed by atoms with E-state index in [0.29, 0.717) is 0 Å². The van der Waals surface area contributed by atoms with Crippen LogP contribution in [0.4, 0.5) is 0 Å². The predicted octanol–water partition coefficient (Wildman–Crippen LogP) is 6.38. The number of hydrogen-bond acceptors (Lipinski definition) is 1. The number of benzene rings is 4. The molecule has 31 heavy (non-hydrogen) atoms. The molecule has 0 spiro atoms. The Morgan fingerprint density at radius 2 is 1.03 bits per heavy atom. The van der Waals surface area contributed by atoms with Crippen LogP contribution in [0.15, 0.2) is 109 Å². The lowest BCUT2D eigenvalue weighted by Gasteiger charge is -2.06. The van der Waals surface area contributed by atoms with Crippen LogP contribution in [0.2, 0.25) is 0 Å². The molecule has 146 valence electrons. The van der Waals surface area contributed by atoms with Crippen molar-refractivity contribution in [3.8, 4) is 11.4 Å². The van der Waals surface area contributed by atoms with Crippen LogP contribution in [0, 0.1) is 0 Å². The summed E-state index contributed by atoms with van der Waals surface area (Å²) in [7, 11) is 0. The van der Waals surface area contributed by atoms with Gasteiger partial charge in [-0.3, -0.25) is 13.5 Å². The summed E-state index contributed by atoms with van der Waals surface area (Å²) in [5.41, 5.74) is 7.80. The summed E-state index contributed by atoms with van der Waals surface area (Å²) in [4.78, 5) is 5.23. The Kier molecular flexibility index (Phi) is 3.24. The monoisotopic (exact) mass is 398 g/mol. The fourth-order valence-corrected chi connectivity index (χ4v) is 4.78. The Bertz CT molecular complexity index is 1590. The van der Waals surface area contributed by atoms with E-state index in [-0.39, 0.29) is 0 Å². The maximum absolute atomic E-state index is 5.23. The van der Waals surface area contributed by atoms with Crippen molar-refractivity contribution in [2.24, 2.45) is 0 Å². The van der Waals surface area contributed by atoms with Gasteiger partial charge in [0, 0.05) is 16.8 Å². The van der Waals surface area contributed by atoms with E-state index < -0.39 is 0 Å². The maximum Gasteiger partial charge on any atom is 0.222 e. The topological polar surface area (TPSA) is 27.2 Å². The molecule has 3 heterocycles. The summed E-state index contributed by atoms with van der Waals surface area (Å²) >= 11 is 0. The van der Waals surface area contributed by atoms with Crippen LogP contribution >= 0.6 is 0 Å². The van der Waals surface area contributed by atoms with Crippen LogP contribution in [0.3, 0.4) is 0 Å². The molecule has 7 rings (SSSR count). The van der Waals surface area contributed by atoms with Crippen molar-refractivity contribution in [1.82, 2.24) is 18.5 Å². The largest absolute Gasteiger partial charge is 0.292 e. The number of imidazole rings is 2. The van der Waals surface area contributed by atoms with Gasteiger partial charge >= 0.3 is 0 Å². The summed E-state index contributed by atoms with van der Waals surface area (Å²) < 4.78 is 6.82. The van der Waals surface area contributed by atoms with E-state index in [2.05, 4.69) is 111 Å². The highest BCUT2D eigenvalue weighted by molar-refractivity contribution is 6.09. The molecule has 0 unspecified atom stereocenters. The summed E-state index contributed by atoms with van der Waals surface area (Å²) in [5, 5.41) is 1.20. The first kappa shape index (κ1) is 16.5. The summed E-state index contributed by atoms with van der Waals surface area (Å²) in [6.45, 7) is 0. The zero-order valence-corrected chi connectivity index (χ0v) is 16.7. The molecule has 0 N–H and O–H groups in total. The van der Waals surface area contributed by atoms with Crippen molar-refractivity contribution in [1.29, 1.82) is 0 Å². The minimum absolute atomic E-state index is 0.924. The van der Waals surface area contributed by atoms with Crippen LogP contribution in [-0.4, -0.2) is 18.5 Å². The molecule has 0 amide bonds. The normalized spacial score (nSPS) is 11.9. The summed E-state index contributed by atoms with van der Waals surface area (Å²) in [6, 6.07) is 38.0. The lowest BCUT2D eigenvalue weighted by atomic mass is 10.2. The summed E-state index contributed by atoms with van der Waals surface area (Å²) in [5.74, 6) is 0.924. The average Bonchev–Trinajstić information content (AvgIpc) is 3.45. The highest BCUT2D eigenvalue weighted by Crippen LogP contribution is 2.36. The molecule has 3 aromatic heterocycles. The van der Waals surface area contributed by atoms with Crippen molar-refractivity contribution in [3.63, 3.8) is 0 Å². The highest BCUT2D eigenvalue weighted by atomic mass is 15.2. The van der Waals surface area contributed by atoms with Gasteiger partial charge in [0.05, 0.1) is 16.6 Å². The van der Waals surface area contributed by atoms with Crippen molar-refractivity contribution in [3.05, 3.63) is 109 Å². The van der Waals surface area contributed by atoms with Gasteiger partial charge < -0.3 is 0 Å². The first-order valence-electron chi connectivity index (χ1n) is 10.4. The standard InChI is InChI=1S/C27H18N4/c1-3-11-19(12-4-1)29-22-16-8-7-15-21(22)25-26(29)28-27-30(20-13-5-2-6-14-20)23-17-9-10-18-24(23)31(25)27/h1-18H. The SMILES string of the molecule is c1ccc(-n2c3ccccc3c3c2nc2n(-c4ccccc4)c4ccccc4n32)cc1. The second-order valence-corrected chi connectivity index (χ2v) is 7.77. The van der Waals surface area contributed by atoms with Crippen molar-refractivity contribution >= 4 is 38.9 Å². The molecule has 4 heteroatoms. The first-order chi connectivity index (χ1) is 15.4. The van der Waals surface area contributed by atoms with Gasteiger partial charge in [-0.15, -0.1) is 0 Å². The van der Waals surface area contributed by atoms with Gasteiger partial charge in [0.15, 0.2) is 5.65 Å². The van der Waals surface area contributed by atoms with Crippen LogP contribution in [0.25, 0.3) is 50.3 Å². The van der Waals surface area contributed by atoms with Gasteiger partial charge in [-0.05, 0) is 42.5 Å². The van der Waals surface area contributed by atoms with Gasteiger partial charge in [0.1, 0.15) is 5.52 Å². The van der Waals surface area contributed by atoms with Gasteiger partial charge in [0.25, 0.3) is 0 Å². The smallest absolute Gasteiger partial charge is 0.222 e. The minimum atomic E-state index is 0.924. The molecule has 7 aromatic rings. The fourth-order valence-electron chi connectivity index (χ4n) is 4.78. The first-order valence-corrected chi connectivity index (χ1v) is 10.4. The second kappa shape index (κ2) is 6.09. The predicted molar refractivity (Wildman–Crippen MR) is 126 cm³/mol. The van der Waals surface area contributed by atoms with Crippen LogP contribution in [0.5, 0.6) is 0 Å². The van der Waals surface area contributed by atoms with Crippen LogP contribution in [0.1, 0.15) is 0 Å². The zero-order chi connectivity index (χ0) is 20.4.